The van der Waals surface area contributed by atoms with Crippen LogP contribution in [-0.2, 0) is 16.0 Å². The van der Waals surface area contributed by atoms with Crippen molar-refractivity contribution in [3.05, 3.63) is 29.8 Å². The van der Waals surface area contributed by atoms with E-state index in [1.807, 2.05) is 0 Å². The van der Waals surface area contributed by atoms with Crippen molar-refractivity contribution in [1.29, 1.82) is 5.26 Å². The lowest BCUT2D eigenvalue weighted by Crippen LogP contribution is -2.21. The number of hydrogen-bond donors (Lipinski definition) is 2. The summed E-state index contributed by atoms with van der Waals surface area (Å²) >= 11 is 0. The summed E-state index contributed by atoms with van der Waals surface area (Å²) < 4.78 is 0. The molecule has 0 fully saturated rings. The van der Waals surface area contributed by atoms with E-state index >= 15 is 0 Å². The largest absolute Gasteiger partial charge is 0.359 e. The van der Waals surface area contributed by atoms with Crippen LogP contribution in [0.25, 0.3) is 0 Å². The van der Waals surface area contributed by atoms with Gasteiger partial charge in [-0.15, -0.1) is 0 Å². The third-order valence-electron chi connectivity index (χ3n) is 2.16. The maximum absolute atomic E-state index is 11.3. The lowest BCUT2D eigenvalue weighted by molar-refractivity contribution is -0.120. The molecule has 0 radical (unpaired) electrons. The fraction of sp³-hybridized carbons (Fsp3) is 0.250. The van der Waals surface area contributed by atoms with Gasteiger partial charge in [0.1, 0.15) is 6.42 Å². The molecule has 0 atom stereocenters. The molecule has 0 saturated heterocycles. The van der Waals surface area contributed by atoms with Crippen LogP contribution in [0.1, 0.15) is 12.0 Å². The Hall–Kier alpha value is -2.35. The van der Waals surface area contributed by atoms with Crippen LogP contribution in [0.4, 0.5) is 5.69 Å². The number of nitrogens with one attached hydrogen (secondary N) is 2. The maximum Gasteiger partial charge on any atom is 0.238 e. The minimum absolute atomic E-state index is 0.132. The number of benzene rings is 1. The highest BCUT2D eigenvalue weighted by Crippen LogP contribution is 2.15. The summed E-state index contributed by atoms with van der Waals surface area (Å²) in [5.74, 6) is -0.510. The number of nitrogens with zero attached hydrogens (tertiary/aromatic N) is 1. The molecule has 2 amide bonds. The van der Waals surface area contributed by atoms with Crippen LogP contribution in [0.2, 0.25) is 0 Å². The molecule has 5 heteroatoms. The van der Waals surface area contributed by atoms with Crippen molar-refractivity contribution in [2.45, 2.75) is 12.8 Å². The van der Waals surface area contributed by atoms with Crippen LogP contribution in [0.15, 0.2) is 24.3 Å². The number of likely N-dealkylation sites (N-methyl/N-ethyl adjacent to an activating group) is 1. The SMILES string of the molecule is CNC(=O)Cc1ccccc1NC(=O)CC#N. The molecule has 5 nitrogen and oxygen atoms in total. The minimum Gasteiger partial charge on any atom is -0.359 e. The fourth-order valence-electron chi connectivity index (χ4n) is 1.32. The molecule has 1 aromatic carbocycles. The molecule has 17 heavy (non-hydrogen) atoms. The zero-order chi connectivity index (χ0) is 12.7. The first-order chi connectivity index (χ1) is 8.17. The van der Waals surface area contributed by atoms with E-state index in [1.54, 1.807) is 37.4 Å². The summed E-state index contributed by atoms with van der Waals surface area (Å²) in [6.45, 7) is 0. The van der Waals surface area contributed by atoms with Crippen molar-refractivity contribution in [2.75, 3.05) is 12.4 Å². The molecule has 2 N–H and O–H groups in total. The van der Waals surface area contributed by atoms with Gasteiger partial charge in [-0.1, -0.05) is 18.2 Å². The van der Waals surface area contributed by atoms with Crippen LogP contribution in [0.3, 0.4) is 0 Å². The van der Waals surface area contributed by atoms with E-state index in [-0.39, 0.29) is 24.7 Å². The van der Waals surface area contributed by atoms with E-state index in [0.29, 0.717) is 5.69 Å². The Bertz CT molecular complexity index is 463. The lowest BCUT2D eigenvalue weighted by atomic mass is 10.1. The molecule has 1 aromatic rings. The zero-order valence-electron chi connectivity index (χ0n) is 9.49. The van der Waals surface area contributed by atoms with Gasteiger partial charge in [0.05, 0.1) is 12.5 Å². The summed E-state index contributed by atoms with van der Waals surface area (Å²) in [5, 5.41) is 13.5. The van der Waals surface area contributed by atoms with Crippen LogP contribution in [-0.4, -0.2) is 18.9 Å². The first kappa shape index (κ1) is 12.7. The molecule has 0 heterocycles. The van der Waals surface area contributed by atoms with Gasteiger partial charge in [-0.2, -0.15) is 5.26 Å². The Morgan fingerprint density at radius 1 is 1.29 bits per heavy atom. The van der Waals surface area contributed by atoms with Crippen molar-refractivity contribution in [3.8, 4) is 6.07 Å². The van der Waals surface area contributed by atoms with Crippen LogP contribution in [0.5, 0.6) is 0 Å². The predicted octanol–water partition coefficient (Wildman–Crippen LogP) is 0.827. The topological polar surface area (TPSA) is 82.0 Å². The summed E-state index contributed by atoms with van der Waals surface area (Å²) in [4.78, 5) is 22.6. The molecular formula is C12H13N3O2. The molecule has 0 unspecified atom stereocenters. The number of anilines is 1. The number of rotatable bonds is 4. The predicted molar refractivity (Wildman–Crippen MR) is 63.1 cm³/mol. The van der Waals surface area contributed by atoms with Gasteiger partial charge in [-0.25, -0.2) is 0 Å². The van der Waals surface area contributed by atoms with Gasteiger partial charge in [-0.3, -0.25) is 9.59 Å². The van der Waals surface area contributed by atoms with Crippen molar-refractivity contribution >= 4 is 17.5 Å². The summed E-state index contributed by atoms with van der Waals surface area (Å²) in [6.07, 6.45) is -0.00614. The van der Waals surface area contributed by atoms with E-state index in [4.69, 9.17) is 5.26 Å². The fourth-order valence-corrected chi connectivity index (χ4v) is 1.32. The number of carbonyl (C=O) groups excluding carboxylic acids is 2. The Labute approximate surface area is 99.4 Å². The van der Waals surface area contributed by atoms with Gasteiger partial charge in [0.2, 0.25) is 11.8 Å². The molecule has 0 spiro atoms. The van der Waals surface area contributed by atoms with Gasteiger partial charge >= 0.3 is 0 Å². The third kappa shape index (κ3) is 3.95. The highest BCUT2D eigenvalue weighted by molar-refractivity contribution is 5.93. The number of amides is 2. The van der Waals surface area contributed by atoms with E-state index < -0.39 is 0 Å². The van der Waals surface area contributed by atoms with Crippen LogP contribution in [0, 0.1) is 11.3 Å². The first-order valence-electron chi connectivity index (χ1n) is 5.12. The first-order valence-corrected chi connectivity index (χ1v) is 5.12. The molecule has 0 saturated carbocycles. The van der Waals surface area contributed by atoms with Gasteiger partial charge < -0.3 is 10.6 Å². The third-order valence-corrected chi connectivity index (χ3v) is 2.16. The average Bonchev–Trinajstić information content (AvgIpc) is 2.31. The van der Waals surface area contributed by atoms with Gasteiger partial charge in [0.15, 0.2) is 0 Å². The van der Waals surface area contributed by atoms with Crippen molar-refractivity contribution < 1.29 is 9.59 Å². The van der Waals surface area contributed by atoms with Crippen LogP contribution >= 0.6 is 0 Å². The summed E-state index contributed by atoms with van der Waals surface area (Å²) in [5.41, 5.74) is 1.29. The van der Waals surface area contributed by atoms with E-state index in [9.17, 15) is 9.59 Å². The Balaban J connectivity index is 2.81. The van der Waals surface area contributed by atoms with Gasteiger partial charge in [0, 0.05) is 12.7 Å². The van der Waals surface area contributed by atoms with Gasteiger partial charge in [0.25, 0.3) is 0 Å². The molecule has 0 aliphatic heterocycles. The van der Waals surface area contributed by atoms with Crippen LogP contribution < -0.4 is 10.6 Å². The highest BCUT2D eigenvalue weighted by Gasteiger charge is 2.08. The van der Waals surface area contributed by atoms with Crippen molar-refractivity contribution in [1.82, 2.24) is 5.32 Å². The normalized spacial score (nSPS) is 9.18. The Morgan fingerprint density at radius 3 is 2.65 bits per heavy atom. The number of carbonyl (C=O) groups is 2. The number of hydrogen-bond acceptors (Lipinski definition) is 3. The molecule has 0 aromatic heterocycles. The van der Waals surface area contributed by atoms with E-state index in [0.717, 1.165) is 5.56 Å². The van der Waals surface area contributed by atoms with Crippen molar-refractivity contribution in [2.24, 2.45) is 0 Å². The molecule has 1 rings (SSSR count). The summed E-state index contributed by atoms with van der Waals surface area (Å²) in [6, 6.07) is 8.78. The smallest absolute Gasteiger partial charge is 0.238 e. The number of nitriles is 1. The van der Waals surface area contributed by atoms with E-state index in [2.05, 4.69) is 10.6 Å². The molecular weight excluding hydrogens is 218 g/mol. The summed E-state index contributed by atoms with van der Waals surface area (Å²) in [7, 11) is 1.55. The monoisotopic (exact) mass is 231 g/mol. The molecule has 0 bridgehead atoms. The maximum atomic E-state index is 11.3. The minimum atomic E-state index is -0.378. The number of para-hydroxylation sites is 1. The van der Waals surface area contributed by atoms with E-state index in [1.165, 1.54) is 0 Å². The molecule has 0 aliphatic carbocycles. The zero-order valence-corrected chi connectivity index (χ0v) is 9.49. The van der Waals surface area contributed by atoms with Crippen molar-refractivity contribution in [3.63, 3.8) is 0 Å². The lowest BCUT2D eigenvalue weighted by Gasteiger charge is -2.09. The quantitative estimate of drug-likeness (QED) is 0.805. The highest BCUT2D eigenvalue weighted by atomic mass is 16.2. The van der Waals surface area contributed by atoms with Gasteiger partial charge in [-0.05, 0) is 11.6 Å². The molecule has 88 valence electrons. The molecule has 0 aliphatic rings. The Kier molecular flexibility index (Phi) is 4.70. The second kappa shape index (κ2) is 6.28. The Morgan fingerprint density at radius 2 is 2.00 bits per heavy atom. The standard InChI is InChI=1S/C12H13N3O2/c1-14-12(17)8-9-4-2-3-5-10(9)15-11(16)6-7-13/h2-5H,6,8H2,1H3,(H,14,17)(H,15,16). The second-order valence-corrected chi connectivity index (χ2v) is 3.39. The average molecular weight is 231 g/mol. The second-order valence-electron chi connectivity index (χ2n) is 3.39.